The zero-order valence-corrected chi connectivity index (χ0v) is 16.3. The van der Waals surface area contributed by atoms with Gasteiger partial charge in [0.25, 0.3) is 5.56 Å². The largest absolute Gasteiger partial charge is 0.355 e. The lowest BCUT2D eigenvalue weighted by Crippen LogP contribution is -2.37. The fourth-order valence-electron chi connectivity index (χ4n) is 2.91. The molecule has 0 aromatic carbocycles. The van der Waals surface area contributed by atoms with Crippen molar-refractivity contribution in [2.75, 3.05) is 18.8 Å². The first-order chi connectivity index (χ1) is 12.6. The van der Waals surface area contributed by atoms with Crippen LogP contribution in [-0.4, -0.2) is 40.6 Å². The second-order valence-electron chi connectivity index (χ2n) is 6.17. The average Bonchev–Trinajstić information content (AvgIpc) is 3.18. The molecule has 9 heteroatoms. The highest BCUT2D eigenvalue weighted by Gasteiger charge is 2.21. The maximum atomic E-state index is 12.4. The number of carbonyl (C=O) groups excluding carboxylic acids is 2. The van der Waals surface area contributed by atoms with E-state index < -0.39 is 0 Å². The van der Waals surface area contributed by atoms with Crippen molar-refractivity contribution in [3.8, 4) is 0 Å². The zero-order chi connectivity index (χ0) is 18.5. The number of aromatic amines is 1. The number of nitrogens with zero attached hydrogens (tertiary/aromatic N) is 1. The maximum Gasteiger partial charge on any atom is 0.259 e. The predicted molar refractivity (Wildman–Crippen MR) is 105 cm³/mol. The van der Waals surface area contributed by atoms with E-state index in [0.29, 0.717) is 18.1 Å². The fourth-order valence-corrected chi connectivity index (χ4v) is 4.91. The van der Waals surface area contributed by atoms with Gasteiger partial charge in [-0.15, -0.1) is 23.1 Å². The Morgan fingerprint density at radius 3 is 2.92 bits per heavy atom. The number of hydrogen-bond donors (Lipinski definition) is 3. The molecule has 0 atom stereocenters. The molecule has 3 N–H and O–H groups in total. The summed E-state index contributed by atoms with van der Waals surface area (Å²) in [5, 5.41) is 6.03. The van der Waals surface area contributed by atoms with Gasteiger partial charge >= 0.3 is 0 Å². The van der Waals surface area contributed by atoms with Gasteiger partial charge in [0.2, 0.25) is 11.8 Å². The minimum absolute atomic E-state index is 0.0127. The summed E-state index contributed by atoms with van der Waals surface area (Å²) in [4.78, 5) is 45.0. The van der Waals surface area contributed by atoms with Crippen molar-refractivity contribution in [2.45, 2.75) is 38.4 Å². The van der Waals surface area contributed by atoms with Gasteiger partial charge in [0.05, 0.1) is 23.4 Å². The van der Waals surface area contributed by atoms with Crippen LogP contribution in [0.3, 0.4) is 0 Å². The number of fused-ring (bicyclic) bond motifs is 3. The molecule has 2 aromatic rings. The average molecular weight is 395 g/mol. The molecule has 3 rings (SSSR count). The predicted octanol–water partition coefficient (Wildman–Crippen LogP) is 1.35. The Morgan fingerprint density at radius 2 is 2.12 bits per heavy atom. The summed E-state index contributed by atoms with van der Waals surface area (Å²) in [6.45, 7) is 2.56. The highest BCUT2D eigenvalue weighted by atomic mass is 32.2. The summed E-state index contributed by atoms with van der Waals surface area (Å²) in [6, 6.07) is 0. The second-order valence-corrected chi connectivity index (χ2v) is 8.24. The summed E-state index contributed by atoms with van der Waals surface area (Å²) >= 11 is 2.97. The molecule has 1 aliphatic rings. The molecule has 0 radical (unpaired) electrons. The van der Waals surface area contributed by atoms with Crippen LogP contribution in [0.1, 0.15) is 36.0 Å². The van der Waals surface area contributed by atoms with E-state index in [9.17, 15) is 14.4 Å². The Kier molecular flexibility index (Phi) is 6.31. The van der Waals surface area contributed by atoms with Crippen LogP contribution in [0.4, 0.5) is 0 Å². The highest BCUT2D eigenvalue weighted by molar-refractivity contribution is 7.99. The molecule has 2 aromatic heterocycles. The molecule has 0 aliphatic heterocycles. The van der Waals surface area contributed by atoms with Gasteiger partial charge in [-0.25, -0.2) is 4.98 Å². The summed E-state index contributed by atoms with van der Waals surface area (Å²) in [7, 11) is 0. The number of thiophene rings is 1. The van der Waals surface area contributed by atoms with Crippen molar-refractivity contribution in [3.63, 3.8) is 0 Å². The molecular formula is C17H22N4O3S2. The van der Waals surface area contributed by atoms with Gasteiger partial charge in [-0.1, -0.05) is 6.92 Å². The first kappa shape index (κ1) is 18.9. The Balaban J connectivity index is 1.50. The molecule has 0 spiro atoms. The molecule has 26 heavy (non-hydrogen) atoms. The second kappa shape index (κ2) is 8.68. The maximum absolute atomic E-state index is 12.4. The van der Waals surface area contributed by atoms with Crippen LogP contribution in [0.15, 0.2) is 4.79 Å². The third kappa shape index (κ3) is 4.45. The van der Waals surface area contributed by atoms with Gasteiger partial charge < -0.3 is 15.6 Å². The van der Waals surface area contributed by atoms with Crippen LogP contribution in [0.2, 0.25) is 0 Å². The minimum Gasteiger partial charge on any atom is -0.355 e. The topological polar surface area (TPSA) is 104 Å². The standard InChI is InChI=1S/C17H22N4O3S2/c1-2-6-18-13(22)7-19-14(23)9-25-8-12-20-16(24)15-10-4-3-5-11(10)26-17(15)21-12/h2-9H2,1H3,(H,18,22)(H,19,23)(H,20,21,24). The monoisotopic (exact) mass is 394 g/mol. The third-order valence-corrected chi connectivity index (χ3v) is 6.24. The van der Waals surface area contributed by atoms with E-state index in [4.69, 9.17) is 0 Å². The van der Waals surface area contributed by atoms with E-state index in [1.807, 2.05) is 6.92 Å². The van der Waals surface area contributed by atoms with Gasteiger partial charge in [0, 0.05) is 11.4 Å². The van der Waals surface area contributed by atoms with Crippen LogP contribution >= 0.6 is 23.1 Å². The quantitative estimate of drug-likeness (QED) is 0.627. The Morgan fingerprint density at radius 1 is 1.27 bits per heavy atom. The molecule has 0 saturated heterocycles. The smallest absolute Gasteiger partial charge is 0.259 e. The molecule has 2 heterocycles. The number of thioether (sulfide) groups is 1. The highest BCUT2D eigenvalue weighted by Crippen LogP contribution is 2.34. The van der Waals surface area contributed by atoms with E-state index in [2.05, 4.69) is 20.6 Å². The number of H-pyrrole nitrogens is 1. The first-order valence-corrected chi connectivity index (χ1v) is 10.7. The van der Waals surface area contributed by atoms with Crippen LogP contribution < -0.4 is 16.2 Å². The number of rotatable bonds is 8. The van der Waals surface area contributed by atoms with Gasteiger partial charge in [-0.2, -0.15) is 0 Å². The lowest BCUT2D eigenvalue weighted by Gasteiger charge is -2.06. The van der Waals surface area contributed by atoms with E-state index >= 15 is 0 Å². The number of aromatic nitrogens is 2. The van der Waals surface area contributed by atoms with Crippen LogP contribution in [0.25, 0.3) is 10.2 Å². The van der Waals surface area contributed by atoms with Gasteiger partial charge in [-0.3, -0.25) is 14.4 Å². The molecule has 0 fully saturated rings. The SMILES string of the molecule is CCCNC(=O)CNC(=O)CSCc1nc2sc3c(c2c(=O)[nH]1)CCC3. The number of carbonyl (C=O) groups is 2. The Bertz CT molecular complexity index is 875. The first-order valence-electron chi connectivity index (χ1n) is 8.73. The zero-order valence-electron chi connectivity index (χ0n) is 14.6. The molecule has 0 bridgehead atoms. The van der Waals surface area contributed by atoms with Gasteiger partial charge in [-0.05, 0) is 31.2 Å². The summed E-state index contributed by atoms with van der Waals surface area (Å²) in [5.74, 6) is 0.848. The van der Waals surface area contributed by atoms with Crippen LogP contribution in [0.5, 0.6) is 0 Å². The number of aryl methyl sites for hydroxylation is 2. The molecule has 0 saturated carbocycles. The minimum atomic E-state index is -0.208. The van der Waals surface area contributed by atoms with Crippen LogP contribution in [-0.2, 0) is 28.2 Å². The number of nitrogens with one attached hydrogen (secondary N) is 3. The number of amides is 2. The van der Waals surface area contributed by atoms with Crippen LogP contribution in [0, 0.1) is 0 Å². The Labute approximate surface area is 159 Å². The van der Waals surface area contributed by atoms with Crippen molar-refractivity contribution in [3.05, 3.63) is 26.6 Å². The van der Waals surface area contributed by atoms with Gasteiger partial charge in [0.1, 0.15) is 10.7 Å². The molecular weight excluding hydrogens is 372 g/mol. The lowest BCUT2D eigenvalue weighted by atomic mass is 10.2. The molecule has 2 amide bonds. The van der Waals surface area contributed by atoms with Crippen molar-refractivity contribution >= 4 is 45.1 Å². The molecule has 1 aliphatic carbocycles. The van der Waals surface area contributed by atoms with Crippen molar-refractivity contribution in [1.82, 2.24) is 20.6 Å². The summed E-state index contributed by atoms with van der Waals surface area (Å²) in [5.41, 5.74) is 1.08. The lowest BCUT2D eigenvalue weighted by molar-refractivity contribution is -0.124. The Hall–Kier alpha value is -1.87. The van der Waals surface area contributed by atoms with Crippen molar-refractivity contribution in [1.29, 1.82) is 0 Å². The van der Waals surface area contributed by atoms with Gasteiger partial charge in [0.15, 0.2) is 0 Å². The van der Waals surface area contributed by atoms with E-state index in [-0.39, 0.29) is 29.7 Å². The number of hydrogen-bond acceptors (Lipinski definition) is 6. The van der Waals surface area contributed by atoms with Crippen molar-refractivity contribution < 1.29 is 9.59 Å². The molecule has 7 nitrogen and oxygen atoms in total. The van der Waals surface area contributed by atoms with E-state index in [1.165, 1.54) is 22.2 Å². The third-order valence-electron chi connectivity index (χ3n) is 4.11. The van der Waals surface area contributed by atoms with E-state index in [0.717, 1.165) is 35.9 Å². The molecule has 0 unspecified atom stereocenters. The van der Waals surface area contributed by atoms with Crippen molar-refractivity contribution in [2.24, 2.45) is 0 Å². The summed E-state index contributed by atoms with van der Waals surface area (Å²) in [6.07, 6.45) is 3.96. The summed E-state index contributed by atoms with van der Waals surface area (Å²) < 4.78 is 0. The van der Waals surface area contributed by atoms with E-state index in [1.54, 1.807) is 11.3 Å². The normalized spacial score (nSPS) is 13.0. The fraction of sp³-hybridized carbons (Fsp3) is 0.529. The molecule has 140 valence electrons.